The second kappa shape index (κ2) is 7.28. The predicted octanol–water partition coefficient (Wildman–Crippen LogP) is 1.24. The SMILES string of the molecule is CCCCOc1ccc(CC(N)=N[n+]2cn[nH]c2)cc1. The molecule has 0 amide bonds. The van der Waals surface area contributed by atoms with E-state index >= 15 is 0 Å². The summed E-state index contributed by atoms with van der Waals surface area (Å²) in [6, 6.07) is 7.93. The fourth-order valence-electron chi connectivity index (χ4n) is 1.70. The van der Waals surface area contributed by atoms with E-state index in [4.69, 9.17) is 10.5 Å². The van der Waals surface area contributed by atoms with Gasteiger partial charge in [-0.2, -0.15) is 0 Å². The van der Waals surface area contributed by atoms with Crippen LogP contribution in [0.25, 0.3) is 0 Å². The van der Waals surface area contributed by atoms with Crippen molar-refractivity contribution >= 4 is 5.84 Å². The summed E-state index contributed by atoms with van der Waals surface area (Å²) < 4.78 is 7.15. The van der Waals surface area contributed by atoms with Gasteiger partial charge in [0.25, 0.3) is 6.33 Å². The van der Waals surface area contributed by atoms with E-state index in [2.05, 4.69) is 22.2 Å². The lowest BCUT2D eigenvalue weighted by Gasteiger charge is -2.06. The van der Waals surface area contributed by atoms with Gasteiger partial charge in [0, 0.05) is 11.5 Å². The van der Waals surface area contributed by atoms with Crippen LogP contribution in [0.5, 0.6) is 5.75 Å². The summed E-state index contributed by atoms with van der Waals surface area (Å²) in [7, 11) is 0. The van der Waals surface area contributed by atoms with Crippen molar-refractivity contribution < 1.29 is 9.41 Å². The second-order valence-corrected chi connectivity index (χ2v) is 4.50. The van der Waals surface area contributed by atoms with E-state index in [1.807, 2.05) is 24.3 Å². The van der Waals surface area contributed by atoms with E-state index in [0.717, 1.165) is 30.8 Å². The van der Waals surface area contributed by atoms with Crippen molar-refractivity contribution in [1.82, 2.24) is 10.2 Å². The Kier molecular flexibility index (Phi) is 5.11. The van der Waals surface area contributed by atoms with Crippen molar-refractivity contribution in [3.05, 3.63) is 42.5 Å². The number of aromatic amines is 1. The molecule has 0 aliphatic heterocycles. The van der Waals surface area contributed by atoms with Gasteiger partial charge in [0.2, 0.25) is 6.33 Å². The maximum Gasteiger partial charge on any atom is 0.288 e. The summed E-state index contributed by atoms with van der Waals surface area (Å²) in [6.07, 6.45) is 5.97. The molecule has 2 rings (SSSR count). The molecule has 1 heterocycles. The zero-order valence-corrected chi connectivity index (χ0v) is 11.6. The van der Waals surface area contributed by atoms with Crippen LogP contribution in [0.15, 0.2) is 42.0 Å². The lowest BCUT2D eigenvalue weighted by atomic mass is 10.1. The summed E-state index contributed by atoms with van der Waals surface area (Å²) in [5.74, 6) is 1.41. The highest BCUT2D eigenvalue weighted by molar-refractivity contribution is 5.81. The number of hydrogen-bond acceptors (Lipinski definition) is 3. The fourth-order valence-corrected chi connectivity index (χ4v) is 1.70. The second-order valence-electron chi connectivity index (χ2n) is 4.50. The third-order valence-corrected chi connectivity index (χ3v) is 2.76. The molecule has 20 heavy (non-hydrogen) atoms. The van der Waals surface area contributed by atoms with Crippen LogP contribution in [0.2, 0.25) is 0 Å². The van der Waals surface area contributed by atoms with E-state index in [1.165, 1.54) is 4.68 Å². The molecular formula is C14H20N5O+. The molecule has 2 aromatic rings. The van der Waals surface area contributed by atoms with Crippen LogP contribution in [-0.4, -0.2) is 22.6 Å². The zero-order chi connectivity index (χ0) is 14.2. The number of ether oxygens (including phenoxy) is 1. The number of aromatic nitrogens is 3. The van der Waals surface area contributed by atoms with Gasteiger partial charge < -0.3 is 10.5 Å². The Morgan fingerprint density at radius 3 is 2.85 bits per heavy atom. The van der Waals surface area contributed by atoms with Crippen molar-refractivity contribution in [2.45, 2.75) is 26.2 Å². The smallest absolute Gasteiger partial charge is 0.288 e. The molecule has 0 saturated carbocycles. The maximum atomic E-state index is 5.89. The minimum absolute atomic E-state index is 0.524. The van der Waals surface area contributed by atoms with Gasteiger partial charge in [-0.05, 0) is 24.1 Å². The van der Waals surface area contributed by atoms with Gasteiger partial charge in [0.05, 0.1) is 6.61 Å². The van der Waals surface area contributed by atoms with Crippen molar-refractivity contribution in [3.63, 3.8) is 0 Å². The summed E-state index contributed by atoms with van der Waals surface area (Å²) in [6.45, 7) is 2.91. The molecule has 0 radical (unpaired) electrons. The summed E-state index contributed by atoms with van der Waals surface area (Å²) in [4.78, 5) is 0. The molecule has 6 heteroatoms. The summed E-state index contributed by atoms with van der Waals surface area (Å²) in [5.41, 5.74) is 6.98. The van der Waals surface area contributed by atoms with Crippen LogP contribution in [0.1, 0.15) is 25.3 Å². The molecule has 0 saturated heterocycles. The third-order valence-electron chi connectivity index (χ3n) is 2.76. The van der Waals surface area contributed by atoms with Gasteiger partial charge >= 0.3 is 0 Å². The van der Waals surface area contributed by atoms with Gasteiger partial charge in [-0.1, -0.05) is 30.6 Å². The van der Waals surface area contributed by atoms with E-state index < -0.39 is 0 Å². The minimum Gasteiger partial charge on any atom is -0.494 e. The first kappa shape index (κ1) is 14.0. The molecule has 106 valence electrons. The molecule has 0 atom stereocenters. The number of rotatable bonds is 7. The lowest BCUT2D eigenvalue weighted by molar-refractivity contribution is -0.679. The van der Waals surface area contributed by atoms with Crippen molar-refractivity contribution in [2.24, 2.45) is 10.8 Å². The first-order valence-electron chi connectivity index (χ1n) is 6.73. The van der Waals surface area contributed by atoms with Crippen LogP contribution in [0.4, 0.5) is 0 Å². The molecular weight excluding hydrogens is 254 g/mol. The van der Waals surface area contributed by atoms with Gasteiger partial charge in [-0.25, -0.2) is 0 Å². The van der Waals surface area contributed by atoms with Crippen LogP contribution in [0, 0.1) is 0 Å². The van der Waals surface area contributed by atoms with Crippen LogP contribution in [0.3, 0.4) is 0 Å². The highest BCUT2D eigenvalue weighted by atomic mass is 16.5. The topological polar surface area (TPSA) is 80.2 Å². The number of nitrogens with two attached hydrogens (primary N) is 1. The fraction of sp³-hybridized carbons (Fsp3) is 0.357. The Balaban J connectivity index is 1.90. The molecule has 3 N–H and O–H groups in total. The number of H-pyrrole nitrogens is 1. The van der Waals surface area contributed by atoms with E-state index in [9.17, 15) is 0 Å². The number of benzene rings is 1. The largest absolute Gasteiger partial charge is 0.494 e. The minimum atomic E-state index is 0.524. The molecule has 0 aliphatic carbocycles. The molecule has 1 aromatic carbocycles. The number of unbranched alkanes of at least 4 members (excludes halogenated alkanes) is 1. The number of nitrogens with one attached hydrogen (secondary N) is 1. The molecule has 6 nitrogen and oxygen atoms in total. The number of hydrogen-bond donors (Lipinski definition) is 2. The number of amidine groups is 1. The summed E-state index contributed by atoms with van der Waals surface area (Å²) >= 11 is 0. The first-order valence-corrected chi connectivity index (χ1v) is 6.73. The molecule has 0 aliphatic rings. The third kappa shape index (κ3) is 4.38. The Labute approximate surface area is 118 Å². The van der Waals surface area contributed by atoms with Crippen LogP contribution < -0.4 is 15.1 Å². The lowest BCUT2D eigenvalue weighted by Crippen LogP contribution is -2.30. The normalized spacial score (nSPS) is 11.6. The summed E-state index contributed by atoms with van der Waals surface area (Å²) in [5, 5.41) is 10.6. The van der Waals surface area contributed by atoms with E-state index in [1.54, 1.807) is 12.7 Å². The van der Waals surface area contributed by atoms with E-state index in [-0.39, 0.29) is 0 Å². The van der Waals surface area contributed by atoms with Gasteiger partial charge in [0.15, 0.2) is 0 Å². The average molecular weight is 274 g/mol. The zero-order valence-electron chi connectivity index (χ0n) is 11.6. The monoisotopic (exact) mass is 274 g/mol. The molecule has 0 spiro atoms. The molecule has 0 fully saturated rings. The first-order chi connectivity index (χ1) is 9.78. The van der Waals surface area contributed by atoms with Gasteiger partial charge in [0.1, 0.15) is 11.6 Å². The van der Waals surface area contributed by atoms with Gasteiger partial charge in [-0.15, -0.1) is 9.77 Å². The Morgan fingerprint density at radius 1 is 1.40 bits per heavy atom. The van der Waals surface area contributed by atoms with E-state index in [0.29, 0.717) is 12.3 Å². The van der Waals surface area contributed by atoms with Gasteiger partial charge in [-0.3, -0.25) is 0 Å². The molecule has 0 unspecified atom stereocenters. The van der Waals surface area contributed by atoms with Crippen molar-refractivity contribution in [3.8, 4) is 5.75 Å². The molecule has 1 aromatic heterocycles. The Morgan fingerprint density at radius 2 is 2.20 bits per heavy atom. The van der Waals surface area contributed by atoms with Crippen LogP contribution >= 0.6 is 0 Å². The van der Waals surface area contributed by atoms with Crippen molar-refractivity contribution in [2.75, 3.05) is 6.61 Å². The number of nitrogens with zero attached hydrogens (tertiary/aromatic N) is 3. The quantitative estimate of drug-likeness (QED) is 0.345. The highest BCUT2D eigenvalue weighted by Crippen LogP contribution is 2.13. The Hall–Kier alpha value is -2.37. The molecule has 0 bridgehead atoms. The average Bonchev–Trinajstić information content (AvgIpc) is 2.94. The van der Waals surface area contributed by atoms with Crippen LogP contribution in [-0.2, 0) is 6.42 Å². The maximum absolute atomic E-state index is 5.89. The Bertz CT molecular complexity index is 533. The predicted molar refractivity (Wildman–Crippen MR) is 76.4 cm³/mol. The van der Waals surface area contributed by atoms with Crippen molar-refractivity contribution in [1.29, 1.82) is 0 Å². The highest BCUT2D eigenvalue weighted by Gasteiger charge is 2.01. The standard InChI is InChI=1S/C14H19N5O/c1-2-3-8-20-13-6-4-12(5-7-13)9-14(15)18-19-10-16-17-11-19/h4-7,10-11H,2-3,8-9H2,1H3,(H2,15,18)/p+1.